The van der Waals surface area contributed by atoms with E-state index >= 15 is 0 Å². The molecule has 0 aliphatic rings. The zero-order valence-corrected chi connectivity index (χ0v) is 9.88. The average molecular weight is 261 g/mol. The minimum atomic E-state index is -1.02. The number of halogens is 2. The van der Waals surface area contributed by atoms with Crippen molar-refractivity contribution in [2.24, 2.45) is 5.73 Å². The normalized spacial score (nSPS) is 12.4. The Hall–Kier alpha value is -1.17. The van der Waals surface area contributed by atoms with E-state index in [0.29, 0.717) is 19.5 Å². The van der Waals surface area contributed by atoms with Gasteiger partial charge in [-0.15, -0.1) is 0 Å². The number of hydrogen-bond donors (Lipinski definition) is 3. The Morgan fingerprint density at radius 3 is 2.88 bits per heavy atom. The number of benzene rings is 1. The van der Waals surface area contributed by atoms with Gasteiger partial charge in [0.25, 0.3) is 0 Å². The van der Waals surface area contributed by atoms with Crippen LogP contribution in [0.5, 0.6) is 0 Å². The minimum absolute atomic E-state index is 0.0755. The molecule has 1 unspecified atom stereocenters. The Bertz CT molecular complexity index is 401. The number of nitrogens with two attached hydrogens (primary N) is 1. The molecule has 0 fully saturated rings. The van der Waals surface area contributed by atoms with Crippen LogP contribution in [0.3, 0.4) is 0 Å². The van der Waals surface area contributed by atoms with Crippen LogP contribution in [-0.4, -0.2) is 23.7 Å². The van der Waals surface area contributed by atoms with Gasteiger partial charge >= 0.3 is 5.97 Å². The summed E-state index contributed by atoms with van der Waals surface area (Å²) < 4.78 is 12.8. The third kappa shape index (κ3) is 4.68. The number of aliphatic carboxylic acids is 1. The maximum Gasteiger partial charge on any atom is 0.320 e. The Kier molecular flexibility index (Phi) is 5.34. The van der Waals surface area contributed by atoms with Crippen LogP contribution in [0.25, 0.3) is 0 Å². The first kappa shape index (κ1) is 13.9. The van der Waals surface area contributed by atoms with Crippen LogP contribution >= 0.6 is 11.6 Å². The Morgan fingerprint density at radius 1 is 1.59 bits per heavy atom. The fraction of sp³-hybridized carbons (Fsp3) is 0.364. The van der Waals surface area contributed by atoms with Gasteiger partial charge in [-0.25, -0.2) is 4.39 Å². The molecule has 4 nitrogen and oxygen atoms in total. The van der Waals surface area contributed by atoms with Crippen LogP contribution in [-0.2, 0) is 11.3 Å². The van der Waals surface area contributed by atoms with Crippen LogP contribution in [0, 0.1) is 5.82 Å². The maximum absolute atomic E-state index is 12.8. The second kappa shape index (κ2) is 6.54. The molecule has 1 aromatic rings. The summed E-state index contributed by atoms with van der Waals surface area (Å²) in [5.74, 6) is -1.47. The molecule has 1 atom stereocenters. The van der Waals surface area contributed by atoms with Crippen molar-refractivity contribution in [3.63, 3.8) is 0 Å². The maximum atomic E-state index is 12.8. The summed E-state index contributed by atoms with van der Waals surface area (Å²) in [5.41, 5.74) is 6.16. The standard InChI is InChI=1S/C11H14ClFN2O2/c12-8-5-7(1-2-9(8)13)6-15-4-3-10(14)11(16)17/h1-2,5,10,15H,3-4,6,14H2,(H,16,17). The van der Waals surface area contributed by atoms with Crippen LogP contribution in [0.4, 0.5) is 4.39 Å². The predicted octanol–water partition coefficient (Wildman–Crippen LogP) is 1.37. The Morgan fingerprint density at radius 2 is 2.29 bits per heavy atom. The van der Waals surface area contributed by atoms with E-state index in [1.807, 2.05) is 0 Å². The van der Waals surface area contributed by atoms with Crippen molar-refractivity contribution in [3.8, 4) is 0 Å². The molecule has 0 saturated carbocycles. The molecule has 1 aromatic carbocycles. The summed E-state index contributed by atoms with van der Waals surface area (Å²) in [4.78, 5) is 10.4. The second-order valence-electron chi connectivity index (χ2n) is 3.66. The minimum Gasteiger partial charge on any atom is -0.480 e. The summed E-state index contributed by atoms with van der Waals surface area (Å²) in [6, 6.07) is 3.58. The van der Waals surface area contributed by atoms with Gasteiger partial charge in [-0.2, -0.15) is 0 Å². The van der Waals surface area contributed by atoms with E-state index < -0.39 is 17.8 Å². The molecule has 17 heavy (non-hydrogen) atoms. The van der Waals surface area contributed by atoms with Crippen molar-refractivity contribution in [1.82, 2.24) is 5.32 Å². The van der Waals surface area contributed by atoms with E-state index in [1.165, 1.54) is 12.1 Å². The molecule has 94 valence electrons. The highest BCUT2D eigenvalue weighted by Crippen LogP contribution is 2.15. The molecule has 0 spiro atoms. The van der Waals surface area contributed by atoms with Gasteiger partial charge in [-0.3, -0.25) is 4.79 Å². The van der Waals surface area contributed by atoms with Gasteiger partial charge in [0.05, 0.1) is 5.02 Å². The number of carboxylic acid groups (broad SMARTS) is 1. The molecule has 1 rings (SSSR count). The molecule has 0 radical (unpaired) electrons. The molecule has 6 heteroatoms. The molecule has 0 saturated heterocycles. The quantitative estimate of drug-likeness (QED) is 0.676. The van der Waals surface area contributed by atoms with Gasteiger partial charge in [-0.1, -0.05) is 17.7 Å². The smallest absolute Gasteiger partial charge is 0.320 e. The zero-order chi connectivity index (χ0) is 12.8. The summed E-state index contributed by atoms with van der Waals surface area (Å²) in [6.07, 6.45) is 0.338. The van der Waals surface area contributed by atoms with Crippen molar-refractivity contribution in [1.29, 1.82) is 0 Å². The fourth-order valence-corrected chi connectivity index (χ4v) is 1.47. The Labute approximate surface area is 104 Å². The van der Waals surface area contributed by atoms with Crippen LogP contribution < -0.4 is 11.1 Å². The fourth-order valence-electron chi connectivity index (χ4n) is 1.26. The lowest BCUT2D eigenvalue weighted by atomic mass is 10.2. The molecule has 0 bridgehead atoms. The zero-order valence-electron chi connectivity index (χ0n) is 9.12. The number of carboxylic acids is 1. The highest BCUT2D eigenvalue weighted by atomic mass is 35.5. The van der Waals surface area contributed by atoms with Crippen LogP contribution in [0.15, 0.2) is 18.2 Å². The lowest BCUT2D eigenvalue weighted by Gasteiger charge is -2.08. The molecule has 0 heterocycles. The predicted molar refractivity (Wildman–Crippen MR) is 63.3 cm³/mol. The number of carbonyl (C=O) groups is 1. The highest BCUT2D eigenvalue weighted by molar-refractivity contribution is 6.30. The number of rotatable bonds is 6. The van der Waals surface area contributed by atoms with Gasteiger partial charge in [0.1, 0.15) is 11.9 Å². The number of hydrogen-bond acceptors (Lipinski definition) is 3. The molecular weight excluding hydrogens is 247 g/mol. The first-order valence-corrected chi connectivity index (χ1v) is 5.51. The van der Waals surface area contributed by atoms with Gasteiger partial charge < -0.3 is 16.2 Å². The highest BCUT2D eigenvalue weighted by Gasteiger charge is 2.09. The molecular formula is C11H14ClFN2O2. The average Bonchev–Trinajstić information content (AvgIpc) is 2.28. The lowest BCUT2D eigenvalue weighted by molar-refractivity contribution is -0.138. The van der Waals surface area contributed by atoms with E-state index in [4.69, 9.17) is 22.4 Å². The largest absolute Gasteiger partial charge is 0.480 e. The van der Waals surface area contributed by atoms with Gasteiger partial charge in [0.15, 0.2) is 0 Å². The first-order valence-electron chi connectivity index (χ1n) is 5.13. The van der Waals surface area contributed by atoms with E-state index in [9.17, 15) is 9.18 Å². The Balaban J connectivity index is 2.31. The van der Waals surface area contributed by atoms with Crippen molar-refractivity contribution < 1.29 is 14.3 Å². The van der Waals surface area contributed by atoms with Gasteiger partial charge in [-0.05, 0) is 30.7 Å². The summed E-state index contributed by atoms with van der Waals surface area (Å²) in [5, 5.41) is 11.6. The van der Waals surface area contributed by atoms with E-state index in [1.54, 1.807) is 6.07 Å². The van der Waals surface area contributed by atoms with Crippen molar-refractivity contribution >= 4 is 17.6 Å². The van der Waals surface area contributed by atoms with E-state index in [2.05, 4.69) is 5.32 Å². The summed E-state index contributed by atoms with van der Waals surface area (Å²) in [7, 11) is 0. The summed E-state index contributed by atoms with van der Waals surface area (Å²) >= 11 is 5.62. The molecule has 0 amide bonds. The van der Waals surface area contributed by atoms with Crippen molar-refractivity contribution in [3.05, 3.63) is 34.6 Å². The van der Waals surface area contributed by atoms with Crippen LogP contribution in [0.2, 0.25) is 5.02 Å². The van der Waals surface area contributed by atoms with E-state index in [0.717, 1.165) is 5.56 Å². The monoisotopic (exact) mass is 260 g/mol. The van der Waals surface area contributed by atoms with Crippen molar-refractivity contribution in [2.75, 3.05) is 6.54 Å². The van der Waals surface area contributed by atoms with Crippen molar-refractivity contribution in [2.45, 2.75) is 19.0 Å². The second-order valence-corrected chi connectivity index (χ2v) is 4.07. The molecule has 4 N–H and O–H groups in total. The molecule has 0 aromatic heterocycles. The van der Waals surface area contributed by atoms with Crippen LogP contribution in [0.1, 0.15) is 12.0 Å². The van der Waals surface area contributed by atoms with E-state index in [-0.39, 0.29) is 5.02 Å². The third-order valence-electron chi connectivity index (χ3n) is 2.26. The lowest BCUT2D eigenvalue weighted by Crippen LogP contribution is -2.33. The number of nitrogens with one attached hydrogen (secondary N) is 1. The SMILES string of the molecule is NC(CCNCc1ccc(F)c(Cl)c1)C(=O)O. The molecule has 0 aliphatic heterocycles. The molecule has 0 aliphatic carbocycles. The van der Waals surface area contributed by atoms with Gasteiger partial charge in [0.2, 0.25) is 0 Å². The third-order valence-corrected chi connectivity index (χ3v) is 2.55. The topological polar surface area (TPSA) is 75.3 Å². The van der Waals surface area contributed by atoms with Gasteiger partial charge in [0, 0.05) is 6.54 Å². The summed E-state index contributed by atoms with van der Waals surface area (Å²) in [6.45, 7) is 0.967. The first-order chi connectivity index (χ1) is 8.00.